The Morgan fingerprint density at radius 3 is 2.45 bits per heavy atom. The van der Waals surface area contributed by atoms with Gasteiger partial charge in [0.05, 0.1) is 6.61 Å². The van der Waals surface area contributed by atoms with Crippen LogP contribution in [0.2, 0.25) is 0 Å². The Morgan fingerprint density at radius 2 is 1.95 bits per heavy atom. The molecule has 0 aliphatic carbocycles. The fourth-order valence-corrected chi connectivity index (χ4v) is 1.60. The van der Waals surface area contributed by atoms with Gasteiger partial charge in [-0.15, -0.1) is 0 Å². The number of carbonyl (C=O) groups is 2. The second-order valence-corrected chi connectivity index (χ2v) is 4.34. The first kappa shape index (κ1) is 16.1. The zero-order chi connectivity index (χ0) is 15.0. The van der Waals surface area contributed by atoms with Crippen molar-refractivity contribution in [3.05, 3.63) is 42.0 Å². The van der Waals surface area contributed by atoms with Crippen LogP contribution in [0.5, 0.6) is 0 Å². The Hall–Kier alpha value is -1.98. The molecule has 0 bridgehead atoms. The molecule has 1 aromatic rings. The lowest BCUT2D eigenvalue weighted by Gasteiger charge is -2.29. The third kappa shape index (κ3) is 4.60. The van der Waals surface area contributed by atoms with E-state index in [0.29, 0.717) is 12.9 Å². The van der Waals surface area contributed by atoms with Crippen LogP contribution in [0.15, 0.2) is 36.4 Å². The summed E-state index contributed by atoms with van der Waals surface area (Å²) in [6.07, 6.45) is 3.00. The molecule has 1 amide bonds. The maximum absolute atomic E-state index is 12.1. The summed E-state index contributed by atoms with van der Waals surface area (Å²) in [5.74, 6) is -0.374. The highest BCUT2D eigenvalue weighted by Gasteiger charge is 2.24. The molecule has 1 atom stereocenters. The van der Waals surface area contributed by atoms with Gasteiger partial charge in [-0.25, -0.2) is 0 Å². The Labute approximate surface area is 119 Å². The largest absolute Gasteiger partial charge is 0.299 e. The Bertz CT molecular complexity index is 457. The van der Waals surface area contributed by atoms with Crippen LogP contribution in [0.4, 0.5) is 0 Å². The van der Waals surface area contributed by atoms with Crippen LogP contribution in [0.25, 0.3) is 6.08 Å². The number of hydrogen-bond acceptors (Lipinski definition) is 4. The van der Waals surface area contributed by atoms with Crippen molar-refractivity contribution in [3.63, 3.8) is 0 Å². The molecule has 0 N–H and O–H groups in total. The molecular formula is C15H20N2O3. The van der Waals surface area contributed by atoms with Gasteiger partial charge in [0.15, 0.2) is 12.5 Å². The standard InChI is InChI=1S/C15H20N2O3/c1-4-20-17(14(12-18)16(2)3)15(19)11-10-13-8-6-5-7-9-13/h5-12,14H,4H2,1-3H3. The summed E-state index contributed by atoms with van der Waals surface area (Å²) in [5.41, 5.74) is 0.907. The first-order valence-corrected chi connectivity index (χ1v) is 6.41. The molecule has 0 spiro atoms. The first-order chi connectivity index (χ1) is 9.60. The van der Waals surface area contributed by atoms with Gasteiger partial charge < -0.3 is 0 Å². The van der Waals surface area contributed by atoms with Crippen molar-refractivity contribution in [2.45, 2.75) is 13.1 Å². The summed E-state index contributed by atoms with van der Waals surface area (Å²) in [4.78, 5) is 30.1. The lowest BCUT2D eigenvalue weighted by Crippen LogP contribution is -2.48. The number of amides is 1. The number of carbonyl (C=O) groups excluding carboxylic acids is 2. The van der Waals surface area contributed by atoms with Crippen LogP contribution in [-0.4, -0.2) is 49.0 Å². The highest BCUT2D eigenvalue weighted by atomic mass is 16.7. The molecular weight excluding hydrogens is 256 g/mol. The Kier molecular flexibility index (Phi) is 6.63. The van der Waals surface area contributed by atoms with Gasteiger partial charge in [0.25, 0.3) is 5.91 Å². The number of likely N-dealkylation sites (N-methyl/N-ethyl adjacent to an activating group) is 1. The van der Waals surface area contributed by atoms with Gasteiger partial charge >= 0.3 is 0 Å². The summed E-state index contributed by atoms with van der Waals surface area (Å²) >= 11 is 0. The molecule has 0 saturated carbocycles. The number of hydroxylamine groups is 2. The summed E-state index contributed by atoms with van der Waals surface area (Å²) < 4.78 is 0. The molecule has 1 rings (SSSR count). The number of nitrogens with zero attached hydrogens (tertiary/aromatic N) is 2. The van der Waals surface area contributed by atoms with Crippen molar-refractivity contribution in [1.82, 2.24) is 9.96 Å². The fraction of sp³-hybridized carbons (Fsp3) is 0.333. The molecule has 0 radical (unpaired) electrons. The third-order valence-electron chi connectivity index (χ3n) is 2.59. The van der Waals surface area contributed by atoms with Crippen LogP contribution >= 0.6 is 0 Å². The quantitative estimate of drug-likeness (QED) is 0.328. The smallest absolute Gasteiger partial charge is 0.272 e. The van der Waals surface area contributed by atoms with Crippen LogP contribution in [-0.2, 0) is 14.4 Å². The maximum atomic E-state index is 12.1. The predicted molar refractivity (Wildman–Crippen MR) is 77.5 cm³/mol. The summed E-state index contributed by atoms with van der Waals surface area (Å²) in [6, 6.07) is 9.45. The van der Waals surface area contributed by atoms with Gasteiger partial charge in [0.1, 0.15) is 0 Å². The minimum Gasteiger partial charge on any atom is -0.299 e. The van der Waals surface area contributed by atoms with E-state index in [1.54, 1.807) is 32.0 Å². The highest BCUT2D eigenvalue weighted by Crippen LogP contribution is 2.06. The number of aldehydes is 1. The predicted octanol–water partition coefficient (Wildman–Crippen LogP) is 1.57. The van der Waals surface area contributed by atoms with E-state index in [-0.39, 0.29) is 5.91 Å². The average Bonchev–Trinajstić information content (AvgIpc) is 2.45. The molecule has 0 aliphatic rings. The molecule has 0 heterocycles. The van der Waals surface area contributed by atoms with Crippen LogP contribution in [0.3, 0.4) is 0 Å². The van der Waals surface area contributed by atoms with E-state index in [0.717, 1.165) is 10.6 Å². The number of hydrogen-bond donors (Lipinski definition) is 0. The van der Waals surface area contributed by atoms with Gasteiger partial charge in [-0.3, -0.25) is 19.3 Å². The molecule has 0 aliphatic heterocycles. The van der Waals surface area contributed by atoms with Crippen LogP contribution in [0.1, 0.15) is 12.5 Å². The average molecular weight is 276 g/mol. The Balaban J connectivity index is 2.83. The van der Waals surface area contributed by atoms with Gasteiger partial charge in [-0.1, -0.05) is 30.3 Å². The molecule has 108 valence electrons. The minimum atomic E-state index is -0.747. The summed E-state index contributed by atoms with van der Waals surface area (Å²) in [7, 11) is 3.42. The van der Waals surface area contributed by atoms with E-state index in [1.807, 2.05) is 30.3 Å². The van der Waals surface area contributed by atoms with Gasteiger partial charge in [-0.2, -0.15) is 5.06 Å². The van der Waals surface area contributed by atoms with E-state index < -0.39 is 6.17 Å². The molecule has 0 aromatic heterocycles. The molecule has 5 heteroatoms. The summed E-state index contributed by atoms with van der Waals surface area (Å²) in [5, 5.41) is 1.08. The lowest BCUT2D eigenvalue weighted by molar-refractivity contribution is -0.206. The normalized spacial score (nSPS) is 12.6. The first-order valence-electron chi connectivity index (χ1n) is 6.41. The SMILES string of the molecule is CCON(C(=O)C=Cc1ccccc1)C(C=O)N(C)C. The third-order valence-corrected chi connectivity index (χ3v) is 2.59. The Morgan fingerprint density at radius 1 is 1.30 bits per heavy atom. The van der Waals surface area contributed by atoms with Crippen molar-refractivity contribution < 1.29 is 14.4 Å². The van der Waals surface area contributed by atoms with Crippen LogP contribution < -0.4 is 0 Å². The molecule has 0 saturated heterocycles. The van der Waals surface area contributed by atoms with E-state index in [4.69, 9.17) is 4.84 Å². The zero-order valence-corrected chi connectivity index (χ0v) is 12.0. The molecule has 1 aromatic carbocycles. The monoisotopic (exact) mass is 276 g/mol. The van der Waals surface area contributed by atoms with Gasteiger partial charge in [0.2, 0.25) is 0 Å². The second kappa shape index (κ2) is 8.24. The molecule has 5 nitrogen and oxygen atoms in total. The van der Waals surface area contributed by atoms with E-state index in [9.17, 15) is 9.59 Å². The number of benzene rings is 1. The van der Waals surface area contributed by atoms with Gasteiger partial charge in [-0.05, 0) is 32.7 Å². The second-order valence-electron chi connectivity index (χ2n) is 4.34. The highest BCUT2D eigenvalue weighted by molar-refractivity contribution is 5.92. The number of rotatable bonds is 7. The molecule has 0 fully saturated rings. The van der Waals surface area contributed by atoms with Crippen molar-refractivity contribution in [1.29, 1.82) is 0 Å². The minimum absolute atomic E-state index is 0.309. The van der Waals surface area contributed by atoms with Crippen molar-refractivity contribution >= 4 is 18.3 Å². The van der Waals surface area contributed by atoms with E-state index in [2.05, 4.69) is 0 Å². The van der Waals surface area contributed by atoms with Crippen molar-refractivity contribution in [2.24, 2.45) is 0 Å². The van der Waals surface area contributed by atoms with Gasteiger partial charge in [0, 0.05) is 6.08 Å². The lowest BCUT2D eigenvalue weighted by atomic mass is 10.2. The zero-order valence-electron chi connectivity index (χ0n) is 12.0. The maximum Gasteiger partial charge on any atom is 0.272 e. The van der Waals surface area contributed by atoms with E-state index in [1.165, 1.54) is 6.08 Å². The van der Waals surface area contributed by atoms with Crippen molar-refractivity contribution in [2.75, 3.05) is 20.7 Å². The molecule has 1 unspecified atom stereocenters. The van der Waals surface area contributed by atoms with Crippen molar-refractivity contribution in [3.8, 4) is 0 Å². The summed E-state index contributed by atoms with van der Waals surface area (Å²) in [6.45, 7) is 2.07. The molecule has 20 heavy (non-hydrogen) atoms. The fourth-order valence-electron chi connectivity index (χ4n) is 1.60. The topological polar surface area (TPSA) is 49.9 Å². The van der Waals surface area contributed by atoms with Crippen LogP contribution in [0, 0.1) is 0 Å². The van der Waals surface area contributed by atoms with E-state index >= 15 is 0 Å².